The maximum atomic E-state index is 13.2. The molecule has 412 valence electrons. The van der Waals surface area contributed by atoms with Crippen LogP contribution in [0, 0.1) is 50.2 Å². The Bertz CT molecular complexity index is 1990. The SMILES string of the molecule is C[C@@H]1O[C@@H](O[C@H]2[C@H](O[C@H]3[C@H](O[C@H]4[C@H](O[C@H]5CC[C@@]6(C)[C@@H](CC[C@]7(C)[C@@H]6CC=C6[C@@H]8CC(C)(C)CC[C@]8(C(=O)O)CC[C@]67C)[C@]5(C)CO)OC[C@H](O)[C@@H]4O)OC[C@@H](O)[C@@H]3O)O[C@@H](C)[C@H](O)[C@H]2O)[C@H](O)[C@H](O)[C@H]1O. The van der Waals surface area contributed by atoms with Crippen LogP contribution in [0.25, 0.3) is 0 Å². The summed E-state index contributed by atoms with van der Waals surface area (Å²) in [5, 5.41) is 121. The number of aliphatic hydroxyl groups is 10. The van der Waals surface area contributed by atoms with E-state index < -0.39 is 140 Å². The van der Waals surface area contributed by atoms with E-state index in [1.54, 1.807) is 0 Å². The van der Waals surface area contributed by atoms with Crippen LogP contribution in [0.1, 0.15) is 120 Å². The van der Waals surface area contributed by atoms with Crippen molar-refractivity contribution >= 4 is 5.97 Å². The molecule has 9 rings (SSSR count). The van der Waals surface area contributed by atoms with Crippen molar-refractivity contribution in [2.45, 2.75) is 236 Å². The minimum atomic E-state index is -1.81. The molecule has 0 spiro atoms. The Labute approximate surface area is 421 Å². The summed E-state index contributed by atoms with van der Waals surface area (Å²) >= 11 is 0. The van der Waals surface area contributed by atoms with Gasteiger partial charge in [0.05, 0.1) is 43.5 Å². The predicted octanol–water partition coefficient (Wildman–Crippen LogP) is 0.836. The van der Waals surface area contributed by atoms with Crippen molar-refractivity contribution in [3.8, 4) is 0 Å². The van der Waals surface area contributed by atoms with Crippen molar-refractivity contribution in [1.82, 2.24) is 0 Å². The number of allylic oxidation sites excluding steroid dienone is 2. The van der Waals surface area contributed by atoms with E-state index in [9.17, 15) is 61.0 Å². The lowest BCUT2D eigenvalue weighted by Gasteiger charge is -2.71. The van der Waals surface area contributed by atoms with Crippen LogP contribution < -0.4 is 0 Å². The van der Waals surface area contributed by atoms with E-state index in [4.69, 9.17) is 37.9 Å². The second kappa shape index (κ2) is 19.7. The molecule has 0 aromatic rings. The molecule has 0 radical (unpaired) electrons. The highest BCUT2D eigenvalue weighted by Gasteiger charge is 2.70. The summed E-state index contributed by atoms with van der Waals surface area (Å²) < 4.78 is 48.9. The van der Waals surface area contributed by atoms with Gasteiger partial charge in [-0.2, -0.15) is 0 Å². The third-order valence-electron chi connectivity index (χ3n) is 20.8. The lowest BCUT2D eigenvalue weighted by Crippen LogP contribution is -2.67. The number of ether oxygens (including phenoxy) is 8. The molecule has 4 saturated carbocycles. The number of hydrogen-bond acceptors (Lipinski definition) is 19. The lowest BCUT2D eigenvalue weighted by atomic mass is 9.33. The number of carboxylic acid groups (broad SMARTS) is 1. The summed E-state index contributed by atoms with van der Waals surface area (Å²) in [7, 11) is 0. The van der Waals surface area contributed by atoms with E-state index in [1.165, 1.54) is 19.4 Å². The van der Waals surface area contributed by atoms with Gasteiger partial charge in [0.2, 0.25) is 0 Å². The van der Waals surface area contributed by atoms with E-state index >= 15 is 0 Å². The first-order valence-electron chi connectivity index (χ1n) is 26.5. The Morgan fingerprint density at radius 2 is 1.15 bits per heavy atom. The normalized spacial score (nSPS) is 55.6. The van der Waals surface area contributed by atoms with Crippen molar-refractivity contribution < 1.29 is 98.9 Å². The van der Waals surface area contributed by atoms with Gasteiger partial charge in [-0.25, -0.2) is 0 Å². The zero-order valence-corrected chi connectivity index (χ0v) is 43.1. The van der Waals surface area contributed by atoms with Crippen LogP contribution in [-0.4, -0.2) is 199 Å². The first-order chi connectivity index (χ1) is 33.7. The maximum absolute atomic E-state index is 13.2. The fourth-order valence-corrected chi connectivity index (χ4v) is 15.9. The molecule has 0 bridgehead atoms. The van der Waals surface area contributed by atoms with Crippen molar-refractivity contribution in [3.05, 3.63) is 11.6 Å². The largest absolute Gasteiger partial charge is 0.481 e. The molecule has 4 heterocycles. The monoisotopic (exact) mass is 1030 g/mol. The number of hydrogen-bond donors (Lipinski definition) is 11. The number of aliphatic hydroxyl groups excluding tert-OH is 10. The Balaban J connectivity index is 0.947. The molecule has 0 aromatic heterocycles. The average Bonchev–Trinajstić information content (AvgIpc) is 3.32. The average molecular weight is 1030 g/mol. The van der Waals surface area contributed by atoms with E-state index in [-0.39, 0.29) is 52.6 Å². The molecule has 0 unspecified atom stereocenters. The first-order valence-corrected chi connectivity index (χ1v) is 26.5. The molecule has 9 aliphatic rings. The molecule has 20 nitrogen and oxygen atoms in total. The van der Waals surface area contributed by atoms with Gasteiger partial charge in [-0.3, -0.25) is 4.79 Å². The summed E-state index contributed by atoms with van der Waals surface area (Å²) in [6.07, 6.45) is -18.6. The van der Waals surface area contributed by atoms with Crippen LogP contribution in [0.15, 0.2) is 11.6 Å². The molecule has 72 heavy (non-hydrogen) atoms. The summed E-state index contributed by atoms with van der Waals surface area (Å²) in [6.45, 7) is 15.6. The second-order valence-electron chi connectivity index (χ2n) is 25.2. The molecule has 4 aliphatic heterocycles. The quantitative estimate of drug-likeness (QED) is 0.107. The predicted molar refractivity (Wildman–Crippen MR) is 250 cm³/mol. The smallest absolute Gasteiger partial charge is 0.310 e. The minimum absolute atomic E-state index is 0.0196. The third kappa shape index (κ3) is 8.78. The molecule has 27 atom stereocenters. The highest BCUT2D eigenvalue weighted by molar-refractivity contribution is 5.76. The molecule has 0 aromatic carbocycles. The van der Waals surface area contributed by atoms with Crippen LogP contribution in [0.3, 0.4) is 0 Å². The minimum Gasteiger partial charge on any atom is -0.481 e. The molecule has 0 amide bonds. The third-order valence-corrected chi connectivity index (χ3v) is 20.8. The molecule has 5 aliphatic carbocycles. The summed E-state index contributed by atoms with van der Waals surface area (Å²) in [5.41, 5.74) is -0.784. The number of fused-ring (bicyclic) bond motifs is 7. The molecule has 8 fully saturated rings. The Morgan fingerprint density at radius 1 is 0.611 bits per heavy atom. The summed E-state index contributed by atoms with van der Waals surface area (Å²) in [6, 6.07) is 0. The first kappa shape index (κ1) is 55.3. The molecular weight excluding hydrogens is 945 g/mol. The molecule has 11 N–H and O–H groups in total. The van der Waals surface area contributed by atoms with Gasteiger partial charge in [-0.15, -0.1) is 0 Å². The van der Waals surface area contributed by atoms with Gasteiger partial charge in [0.15, 0.2) is 25.2 Å². The van der Waals surface area contributed by atoms with Crippen LogP contribution in [0.2, 0.25) is 0 Å². The van der Waals surface area contributed by atoms with Crippen LogP contribution >= 0.6 is 0 Å². The standard InChI is InChI=1S/C52H84O20/c1-23-32(56)36(60)38(62)42(67-23)70-41-37(61)33(57)24(2)68-45(41)72-40-35(59)28(55)21-66-44(40)71-39-34(58)27(54)20-65-43(39)69-31-12-13-48(5)29(49(31,6)22-53)11-14-51(8)30(48)10-9-25-26-19-47(3,4)15-17-52(26,46(63)64)18-16-50(25,51)7/h9,23-24,26-45,53-62H,10-22H2,1-8H3,(H,63,64)/t23-,24-,26-,27-,28+,29+,30+,31-,32-,33-,34-,35-,36+,37+,38+,39+,40+,41+,42-,43-,44-,45-,48-,49-,50+,51+,52-/m0/s1. The molecular formula is C52H84O20. The zero-order valence-electron chi connectivity index (χ0n) is 43.1. The van der Waals surface area contributed by atoms with Gasteiger partial charge in [-0.05, 0) is 117 Å². The second-order valence-corrected chi connectivity index (χ2v) is 25.2. The number of rotatable bonds is 10. The lowest BCUT2D eigenvalue weighted by molar-refractivity contribution is -0.397. The zero-order chi connectivity index (χ0) is 52.4. The summed E-state index contributed by atoms with van der Waals surface area (Å²) in [5.74, 6) is -0.481. The van der Waals surface area contributed by atoms with Crippen LogP contribution in [0.5, 0.6) is 0 Å². The topological polar surface area (TPSA) is 313 Å². The summed E-state index contributed by atoms with van der Waals surface area (Å²) in [4.78, 5) is 13.2. The van der Waals surface area contributed by atoms with Crippen molar-refractivity contribution in [2.75, 3.05) is 19.8 Å². The van der Waals surface area contributed by atoms with Crippen molar-refractivity contribution in [2.24, 2.45) is 50.2 Å². The van der Waals surface area contributed by atoms with Crippen LogP contribution in [0.4, 0.5) is 0 Å². The van der Waals surface area contributed by atoms with Gasteiger partial charge in [0, 0.05) is 5.41 Å². The van der Waals surface area contributed by atoms with Crippen molar-refractivity contribution in [3.63, 3.8) is 0 Å². The highest BCUT2D eigenvalue weighted by Crippen LogP contribution is 2.76. The molecule has 4 saturated heterocycles. The van der Waals surface area contributed by atoms with Gasteiger partial charge in [0.25, 0.3) is 0 Å². The Hall–Kier alpha value is -1.51. The van der Waals surface area contributed by atoms with Gasteiger partial charge >= 0.3 is 5.97 Å². The Morgan fingerprint density at radius 3 is 1.76 bits per heavy atom. The van der Waals surface area contributed by atoms with E-state index in [1.807, 2.05) is 6.92 Å². The van der Waals surface area contributed by atoms with Gasteiger partial charge in [0.1, 0.15) is 73.2 Å². The maximum Gasteiger partial charge on any atom is 0.310 e. The van der Waals surface area contributed by atoms with E-state index in [2.05, 4.69) is 40.7 Å². The van der Waals surface area contributed by atoms with Crippen LogP contribution in [-0.2, 0) is 42.7 Å². The number of carbonyl (C=O) groups is 1. The highest BCUT2D eigenvalue weighted by atomic mass is 16.8. The fraction of sp³-hybridized carbons (Fsp3) is 0.942. The Kier molecular flexibility index (Phi) is 15.2. The fourth-order valence-electron chi connectivity index (χ4n) is 15.9. The van der Waals surface area contributed by atoms with Gasteiger partial charge < -0.3 is 94.1 Å². The molecule has 20 heteroatoms. The van der Waals surface area contributed by atoms with E-state index in [0.29, 0.717) is 19.3 Å². The van der Waals surface area contributed by atoms with Crippen molar-refractivity contribution in [1.29, 1.82) is 0 Å². The van der Waals surface area contributed by atoms with Gasteiger partial charge in [-0.1, -0.05) is 53.2 Å². The number of aliphatic carboxylic acids is 1. The number of carboxylic acids is 1. The van der Waals surface area contributed by atoms with E-state index in [0.717, 1.165) is 44.9 Å².